The maximum Gasteiger partial charge on any atom is 0.313 e. The van der Waals surface area contributed by atoms with E-state index >= 15 is 0 Å². The SMILES string of the molecule is C=COC(=O)C(CCC)CC(C)C. The molecule has 0 saturated carbocycles. The highest BCUT2D eigenvalue weighted by Gasteiger charge is 2.19. The first-order valence-corrected chi connectivity index (χ1v) is 4.93. The number of rotatable bonds is 6. The van der Waals surface area contributed by atoms with Crippen molar-refractivity contribution < 1.29 is 9.53 Å². The van der Waals surface area contributed by atoms with Crippen LogP contribution in [0.4, 0.5) is 0 Å². The molecule has 0 rings (SSSR count). The highest BCUT2D eigenvalue weighted by atomic mass is 16.5. The van der Waals surface area contributed by atoms with Crippen molar-refractivity contribution in [3.63, 3.8) is 0 Å². The first kappa shape index (κ1) is 12.2. The van der Waals surface area contributed by atoms with Crippen LogP contribution in [-0.4, -0.2) is 5.97 Å². The van der Waals surface area contributed by atoms with Crippen LogP contribution in [0.2, 0.25) is 0 Å². The van der Waals surface area contributed by atoms with Crippen LogP contribution in [0.1, 0.15) is 40.0 Å². The quantitative estimate of drug-likeness (QED) is 0.468. The van der Waals surface area contributed by atoms with E-state index in [0.717, 1.165) is 19.3 Å². The second kappa shape index (κ2) is 6.70. The molecule has 1 atom stereocenters. The third kappa shape index (κ3) is 5.45. The van der Waals surface area contributed by atoms with E-state index in [2.05, 4.69) is 27.4 Å². The van der Waals surface area contributed by atoms with E-state index in [4.69, 9.17) is 4.74 Å². The molecule has 0 aliphatic rings. The zero-order valence-corrected chi connectivity index (χ0v) is 8.88. The van der Waals surface area contributed by atoms with Gasteiger partial charge in [-0.2, -0.15) is 0 Å². The second-order valence-electron chi connectivity index (χ2n) is 3.72. The van der Waals surface area contributed by atoms with E-state index in [0.29, 0.717) is 5.92 Å². The van der Waals surface area contributed by atoms with Gasteiger partial charge in [0.1, 0.15) is 0 Å². The highest BCUT2D eigenvalue weighted by molar-refractivity contribution is 5.72. The first-order chi connectivity index (χ1) is 6.11. The predicted octanol–water partition coefficient (Wildman–Crippen LogP) is 3.14. The van der Waals surface area contributed by atoms with E-state index < -0.39 is 0 Å². The number of carbonyl (C=O) groups is 1. The molecule has 0 heterocycles. The monoisotopic (exact) mass is 184 g/mol. The molecule has 0 aliphatic heterocycles. The smallest absolute Gasteiger partial charge is 0.313 e. The Bertz CT molecular complexity index is 161. The van der Waals surface area contributed by atoms with Gasteiger partial charge in [-0.05, 0) is 18.8 Å². The van der Waals surface area contributed by atoms with Gasteiger partial charge in [-0.3, -0.25) is 4.79 Å². The van der Waals surface area contributed by atoms with Gasteiger partial charge >= 0.3 is 5.97 Å². The molecule has 76 valence electrons. The summed E-state index contributed by atoms with van der Waals surface area (Å²) in [5, 5.41) is 0. The van der Waals surface area contributed by atoms with Crippen LogP contribution in [0, 0.1) is 11.8 Å². The van der Waals surface area contributed by atoms with Crippen molar-refractivity contribution in [1.82, 2.24) is 0 Å². The molecule has 0 bridgehead atoms. The van der Waals surface area contributed by atoms with E-state index in [1.54, 1.807) is 0 Å². The van der Waals surface area contributed by atoms with Crippen molar-refractivity contribution in [2.45, 2.75) is 40.0 Å². The van der Waals surface area contributed by atoms with Gasteiger partial charge in [0, 0.05) is 0 Å². The summed E-state index contributed by atoms with van der Waals surface area (Å²) < 4.78 is 4.78. The Morgan fingerprint density at radius 1 is 1.54 bits per heavy atom. The van der Waals surface area contributed by atoms with Gasteiger partial charge in [0.2, 0.25) is 0 Å². The summed E-state index contributed by atoms with van der Waals surface area (Å²) in [5.41, 5.74) is 0. The number of hydrogen-bond donors (Lipinski definition) is 0. The molecule has 2 nitrogen and oxygen atoms in total. The van der Waals surface area contributed by atoms with Crippen molar-refractivity contribution in [1.29, 1.82) is 0 Å². The summed E-state index contributed by atoms with van der Waals surface area (Å²) in [6.45, 7) is 9.69. The van der Waals surface area contributed by atoms with Crippen LogP contribution in [-0.2, 0) is 9.53 Å². The normalized spacial score (nSPS) is 12.6. The van der Waals surface area contributed by atoms with Gasteiger partial charge in [-0.25, -0.2) is 0 Å². The second-order valence-corrected chi connectivity index (χ2v) is 3.72. The van der Waals surface area contributed by atoms with Crippen molar-refractivity contribution in [3.8, 4) is 0 Å². The maximum atomic E-state index is 11.4. The summed E-state index contributed by atoms with van der Waals surface area (Å²) in [6.07, 6.45) is 4.04. The van der Waals surface area contributed by atoms with Crippen molar-refractivity contribution >= 4 is 5.97 Å². The summed E-state index contributed by atoms with van der Waals surface area (Å²) >= 11 is 0. The molecule has 0 aromatic heterocycles. The lowest BCUT2D eigenvalue weighted by atomic mass is 9.93. The van der Waals surface area contributed by atoms with E-state index in [1.807, 2.05) is 0 Å². The Kier molecular flexibility index (Phi) is 6.29. The molecule has 0 spiro atoms. The average Bonchev–Trinajstić information content (AvgIpc) is 2.03. The highest BCUT2D eigenvalue weighted by Crippen LogP contribution is 2.18. The Hall–Kier alpha value is -0.790. The molecule has 0 radical (unpaired) electrons. The maximum absolute atomic E-state index is 11.4. The van der Waals surface area contributed by atoms with Crippen molar-refractivity contribution in [3.05, 3.63) is 12.8 Å². The summed E-state index contributed by atoms with van der Waals surface area (Å²) in [7, 11) is 0. The summed E-state index contributed by atoms with van der Waals surface area (Å²) in [6, 6.07) is 0. The van der Waals surface area contributed by atoms with Gasteiger partial charge in [-0.15, -0.1) is 0 Å². The molecule has 0 aliphatic carbocycles. The fourth-order valence-corrected chi connectivity index (χ4v) is 1.43. The number of carbonyl (C=O) groups excluding carboxylic acids is 1. The van der Waals surface area contributed by atoms with Crippen molar-refractivity contribution in [2.75, 3.05) is 0 Å². The number of esters is 1. The van der Waals surface area contributed by atoms with Gasteiger partial charge < -0.3 is 4.74 Å². The van der Waals surface area contributed by atoms with E-state index in [-0.39, 0.29) is 11.9 Å². The van der Waals surface area contributed by atoms with Gasteiger partial charge in [0.25, 0.3) is 0 Å². The molecule has 0 saturated heterocycles. The largest absolute Gasteiger partial charge is 0.435 e. The number of hydrogen-bond acceptors (Lipinski definition) is 2. The van der Waals surface area contributed by atoms with Gasteiger partial charge in [-0.1, -0.05) is 33.8 Å². The van der Waals surface area contributed by atoms with Crippen LogP contribution in [0.3, 0.4) is 0 Å². The van der Waals surface area contributed by atoms with Crippen LogP contribution < -0.4 is 0 Å². The third-order valence-corrected chi connectivity index (χ3v) is 1.93. The zero-order chi connectivity index (χ0) is 10.3. The molecule has 0 fully saturated rings. The minimum Gasteiger partial charge on any atom is -0.435 e. The lowest BCUT2D eigenvalue weighted by Crippen LogP contribution is -2.17. The fourth-order valence-electron chi connectivity index (χ4n) is 1.43. The predicted molar refractivity (Wildman–Crippen MR) is 54.1 cm³/mol. The summed E-state index contributed by atoms with van der Waals surface area (Å²) in [5.74, 6) is 0.447. The zero-order valence-electron chi connectivity index (χ0n) is 8.88. The average molecular weight is 184 g/mol. The minimum atomic E-state index is -0.134. The molecule has 0 aromatic carbocycles. The minimum absolute atomic E-state index is 0.0444. The van der Waals surface area contributed by atoms with Crippen LogP contribution in [0.25, 0.3) is 0 Å². The molecule has 2 heteroatoms. The third-order valence-electron chi connectivity index (χ3n) is 1.93. The Labute approximate surface area is 81.0 Å². The summed E-state index contributed by atoms with van der Waals surface area (Å²) in [4.78, 5) is 11.4. The number of ether oxygens (including phenoxy) is 1. The molecule has 0 N–H and O–H groups in total. The molecular weight excluding hydrogens is 164 g/mol. The fraction of sp³-hybridized carbons (Fsp3) is 0.727. The molecule has 0 amide bonds. The van der Waals surface area contributed by atoms with Crippen LogP contribution >= 0.6 is 0 Å². The standard InChI is InChI=1S/C11H20O2/c1-5-7-10(8-9(3)4)11(12)13-6-2/h6,9-10H,2,5,7-8H2,1,3-4H3. The molecular formula is C11H20O2. The first-order valence-electron chi connectivity index (χ1n) is 4.93. The van der Waals surface area contributed by atoms with Gasteiger partial charge in [0.05, 0.1) is 12.2 Å². The van der Waals surface area contributed by atoms with E-state index in [9.17, 15) is 4.79 Å². The van der Waals surface area contributed by atoms with Crippen LogP contribution in [0.15, 0.2) is 12.8 Å². The molecule has 13 heavy (non-hydrogen) atoms. The lowest BCUT2D eigenvalue weighted by Gasteiger charge is -2.15. The van der Waals surface area contributed by atoms with E-state index in [1.165, 1.54) is 6.26 Å². The Morgan fingerprint density at radius 2 is 2.15 bits per heavy atom. The Morgan fingerprint density at radius 3 is 2.54 bits per heavy atom. The van der Waals surface area contributed by atoms with Gasteiger partial charge in [0.15, 0.2) is 0 Å². The lowest BCUT2D eigenvalue weighted by molar-refractivity contribution is -0.143. The Balaban J connectivity index is 4.05. The topological polar surface area (TPSA) is 26.3 Å². The van der Waals surface area contributed by atoms with Crippen molar-refractivity contribution in [2.24, 2.45) is 11.8 Å². The molecule has 0 aromatic rings. The molecule has 1 unspecified atom stereocenters. The van der Waals surface area contributed by atoms with Crippen LogP contribution in [0.5, 0.6) is 0 Å².